The summed E-state index contributed by atoms with van der Waals surface area (Å²) < 4.78 is 5.81. The van der Waals surface area contributed by atoms with Gasteiger partial charge >= 0.3 is 0 Å². The fourth-order valence-electron chi connectivity index (χ4n) is 3.79. The van der Waals surface area contributed by atoms with Crippen molar-refractivity contribution in [3.05, 3.63) is 101 Å². The van der Waals surface area contributed by atoms with E-state index in [9.17, 15) is 9.59 Å². The van der Waals surface area contributed by atoms with Crippen LogP contribution in [0.5, 0.6) is 5.75 Å². The smallest absolute Gasteiger partial charge is 0.261 e. The van der Waals surface area contributed by atoms with Crippen LogP contribution in [0.25, 0.3) is 0 Å². The van der Waals surface area contributed by atoms with Crippen molar-refractivity contribution < 1.29 is 14.3 Å². The lowest BCUT2D eigenvalue weighted by Crippen LogP contribution is -2.51. The van der Waals surface area contributed by atoms with Crippen LogP contribution in [0.2, 0.25) is 0 Å². The number of rotatable bonds is 10. The molecule has 1 N–H and O–H groups in total. The summed E-state index contributed by atoms with van der Waals surface area (Å²) in [6.45, 7) is 6.55. The van der Waals surface area contributed by atoms with Gasteiger partial charge in [0.05, 0.1) is 0 Å². The van der Waals surface area contributed by atoms with Crippen LogP contribution in [0.1, 0.15) is 29.2 Å². The van der Waals surface area contributed by atoms with E-state index in [1.54, 1.807) is 4.90 Å². The third kappa shape index (κ3) is 7.21. The SMILES string of the molecule is CCNC(=O)[C@@H](Cc1ccccc1)N(Cc1cccc(C)c1)C(=O)COc1cccc(C)c1. The summed E-state index contributed by atoms with van der Waals surface area (Å²) in [6.07, 6.45) is 0.425. The molecule has 1 atom stereocenters. The standard InChI is InChI=1S/C28H32N2O3/c1-4-29-28(32)26(18-23-12-6-5-7-13-23)30(19-24-14-8-10-21(2)16-24)27(31)20-33-25-15-9-11-22(3)17-25/h5-17,26H,4,18-20H2,1-3H3,(H,29,32)/t26-/m1/s1. The van der Waals surface area contributed by atoms with Crippen molar-refractivity contribution in [2.75, 3.05) is 13.2 Å². The molecule has 0 radical (unpaired) electrons. The van der Waals surface area contributed by atoms with Gasteiger partial charge in [0.15, 0.2) is 6.61 Å². The zero-order chi connectivity index (χ0) is 23.6. The van der Waals surface area contributed by atoms with Gasteiger partial charge in [0, 0.05) is 19.5 Å². The monoisotopic (exact) mass is 444 g/mol. The molecule has 0 bridgehead atoms. The van der Waals surface area contributed by atoms with Crippen LogP contribution in [0.3, 0.4) is 0 Å². The summed E-state index contributed by atoms with van der Waals surface area (Å²) in [4.78, 5) is 28.2. The van der Waals surface area contributed by atoms with Gasteiger partial charge in [0.25, 0.3) is 5.91 Å². The number of benzene rings is 3. The van der Waals surface area contributed by atoms with Gasteiger partial charge in [-0.15, -0.1) is 0 Å². The topological polar surface area (TPSA) is 58.6 Å². The molecule has 3 aromatic carbocycles. The van der Waals surface area contributed by atoms with E-state index in [4.69, 9.17) is 4.74 Å². The Labute approximate surface area is 196 Å². The minimum absolute atomic E-state index is 0.139. The third-order valence-corrected chi connectivity index (χ3v) is 5.41. The maximum absolute atomic E-state index is 13.5. The Balaban J connectivity index is 1.89. The maximum Gasteiger partial charge on any atom is 0.261 e. The number of likely N-dealkylation sites (N-methyl/N-ethyl adjacent to an activating group) is 1. The van der Waals surface area contributed by atoms with Crippen LogP contribution >= 0.6 is 0 Å². The molecule has 0 aliphatic carbocycles. The summed E-state index contributed by atoms with van der Waals surface area (Å²) in [7, 11) is 0. The van der Waals surface area contributed by atoms with Crippen LogP contribution in [-0.4, -0.2) is 35.9 Å². The van der Waals surface area contributed by atoms with Crippen LogP contribution in [0, 0.1) is 13.8 Å². The van der Waals surface area contributed by atoms with E-state index in [0.717, 1.165) is 22.3 Å². The molecule has 0 saturated carbocycles. The Bertz CT molecular complexity index is 1070. The van der Waals surface area contributed by atoms with Crippen LogP contribution in [0.15, 0.2) is 78.9 Å². The Kier molecular flexibility index (Phi) is 8.64. The molecule has 0 aromatic heterocycles. The van der Waals surface area contributed by atoms with Gasteiger partial charge in [0.2, 0.25) is 5.91 Å². The second kappa shape index (κ2) is 11.9. The van der Waals surface area contributed by atoms with Gasteiger partial charge in [-0.1, -0.05) is 72.3 Å². The maximum atomic E-state index is 13.5. The largest absolute Gasteiger partial charge is 0.484 e. The van der Waals surface area contributed by atoms with E-state index < -0.39 is 6.04 Å². The number of amides is 2. The first-order chi connectivity index (χ1) is 16.0. The normalized spacial score (nSPS) is 11.5. The highest BCUT2D eigenvalue weighted by Crippen LogP contribution is 2.17. The van der Waals surface area contributed by atoms with Crippen molar-refractivity contribution in [2.24, 2.45) is 0 Å². The van der Waals surface area contributed by atoms with E-state index >= 15 is 0 Å². The van der Waals surface area contributed by atoms with Crippen LogP contribution in [0.4, 0.5) is 0 Å². The van der Waals surface area contributed by atoms with Gasteiger partial charge < -0.3 is 15.0 Å². The second-order valence-corrected chi connectivity index (χ2v) is 8.22. The van der Waals surface area contributed by atoms with Crippen molar-refractivity contribution in [1.29, 1.82) is 0 Å². The number of nitrogens with zero attached hydrogens (tertiary/aromatic N) is 1. The lowest BCUT2D eigenvalue weighted by atomic mass is 10.0. The Morgan fingerprint density at radius 1 is 0.879 bits per heavy atom. The molecule has 0 unspecified atom stereocenters. The summed E-state index contributed by atoms with van der Waals surface area (Å²) >= 11 is 0. The molecule has 5 nitrogen and oxygen atoms in total. The summed E-state index contributed by atoms with van der Waals surface area (Å²) in [5.74, 6) is 0.236. The first-order valence-corrected chi connectivity index (χ1v) is 11.3. The Morgan fingerprint density at radius 2 is 1.55 bits per heavy atom. The molecule has 3 rings (SSSR count). The summed E-state index contributed by atoms with van der Waals surface area (Å²) in [6, 6.07) is 24.7. The fourth-order valence-corrected chi connectivity index (χ4v) is 3.79. The van der Waals surface area contributed by atoms with Crippen molar-refractivity contribution >= 4 is 11.8 Å². The van der Waals surface area contributed by atoms with Crippen LogP contribution in [-0.2, 0) is 22.6 Å². The molecule has 33 heavy (non-hydrogen) atoms. The minimum atomic E-state index is -0.651. The van der Waals surface area contributed by atoms with Gasteiger partial charge in [-0.05, 0) is 49.6 Å². The number of hydrogen-bond acceptors (Lipinski definition) is 3. The molecule has 0 fully saturated rings. The first-order valence-electron chi connectivity index (χ1n) is 11.3. The predicted molar refractivity (Wildman–Crippen MR) is 131 cm³/mol. The molecular formula is C28H32N2O3. The minimum Gasteiger partial charge on any atom is -0.484 e. The van der Waals surface area contributed by atoms with Gasteiger partial charge in [0.1, 0.15) is 11.8 Å². The Hall–Kier alpha value is -3.60. The van der Waals surface area contributed by atoms with E-state index in [1.807, 2.05) is 99.6 Å². The molecule has 0 aliphatic heterocycles. The third-order valence-electron chi connectivity index (χ3n) is 5.41. The quantitative estimate of drug-likeness (QED) is 0.502. The lowest BCUT2D eigenvalue weighted by molar-refractivity contribution is -0.142. The molecule has 3 aromatic rings. The highest BCUT2D eigenvalue weighted by atomic mass is 16.5. The van der Waals surface area contributed by atoms with E-state index in [-0.39, 0.29) is 18.4 Å². The number of nitrogens with one attached hydrogen (secondary N) is 1. The summed E-state index contributed by atoms with van der Waals surface area (Å²) in [5.41, 5.74) is 4.13. The molecule has 5 heteroatoms. The second-order valence-electron chi connectivity index (χ2n) is 8.22. The molecule has 0 spiro atoms. The van der Waals surface area contributed by atoms with Crippen molar-refractivity contribution in [3.63, 3.8) is 0 Å². The summed E-state index contributed by atoms with van der Waals surface area (Å²) in [5, 5.41) is 2.91. The number of carbonyl (C=O) groups is 2. The number of ether oxygens (including phenoxy) is 1. The average molecular weight is 445 g/mol. The fraction of sp³-hybridized carbons (Fsp3) is 0.286. The van der Waals surface area contributed by atoms with Crippen molar-refractivity contribution in [3.8, 4) is 5.75 Å². The lowest BCUT2D eigenvalue weighted by Gasteiger charge is -2.31. The molecule has 172 valence electrons. The predicted octanol–water partition coefficient (Wildman–Crippen LogP) is 4.46. The van der Waals surface area contributed by atoms with Gasteiger partial charge in [-0.25, -0.2) is 0 Å². The number of hydrogen-bond donors (Lipinski definition) is 1. The number of carbonyl (C=O) groups excluding carboxylic acids is 2. The average Bonchev–Trinajstić information content (AvgIpc) is 2.80. The highest BCUT2D eigenvalue weighted by molar-refractivity contribution is 5.88. The van der Waals surface area contributed by atoms with E-state index in [1.165, 1.54) is 0 Å². The van der Waals surface area contributed by atoms with E-state index in [2.05, 4.69) is 5.32 Å². The molecular weight excluding hydrogens is 412 g/mol. The van der Waals surface area contributed by atoms with Crippen LogP contribution < -0.4 is 10.1 Å². The molecule has 2 amide bonds. The first kappa shape index (κ1) is 24.1. The molecule has 0 aliphatic rings. The zero-order valence-electron chi connectivity index (χ0n) is 19.6. The molecule has 0 heterocycles. The van der Waals surface area contributed by atoms with Gasteiger partial charge in [-0.3, -0.25) is 9.59 Å². The van der Waals surface area contributed by atoms with Crippen molar-refractivity contribution in [1.82, 2.24) is 10.2 Å². The number of aryl methyl sites for hydroxylation is 2. The van der Waals surface area contributed by atoms with E-state index in [0.29, 0.717) is 25.3 Å². The Morgan fingerprint density at radius 3 is 2.21 bits per heavy atom. The van der Waals surface area contributed by atoms with Crippen molar-refractivity contribution in [2.45, 2.75) is 39.8 Å². The highest BCUT2D eigenvalue weighted by Gasteiger charge is 2.30. The zero-order valence-corrected chi connectivity index (χ0v) is 19.6. The van der Waals surface area contributed by atoms with Gasteiger partial charge in [-0.2, -0.15) is 0 Å². The molecule has 0 saturated heterocycles.